The number of unbranched alkanes of at least 4 members (excludes halogenated alkanes) is 1. The van der Waals surface area contributed by atoms with Crippen molar-refractivity contribution >= 4 is 5.91 Å². The van der Waals surface area contributed by atoms with Gasteiger partial charge in [0, 0.05) is 13.0 Å². The van der Waals surface area contributed by atoms with E-state index < -0.39 is 18.8 Å². The molecule has 124 valence electrons. The topological polar surface area (TPSA) is 60.3 Å². The van der Waals surface area contributed by atoms with Gasteiger partial charge in [0.05, 0.1) is 13.2 Å². The third-order valence-electron chi connectivity index (χ3n) is 3.39. The highest BCUT2D eigenvalue weighted by atomic mass is 19.4. The van der Waals surface area contributed by atoms with Crippen LogP contribution >= 0.6 is 0 Å². The molecular formula is C13H19F3N4O2. The summed E-state index contributed by atoms with van der Waals surface area (Å²) in [6, 6.07) is -0.521. The van der Waals surface area contributed by atoms with Crippen molar-refractivity contribution < 1.29 is 22.7 Å². The molecule has 0 unspecified atom stereocenters. The number of amides is 1. The van der Waals surface area contributed by atoms with E-state index in [0.717, 1.165) is 23.9 Å². The van der Waals surface area contributed by atoms with Crippen LogP contribution in [0, 0.1) is 0 Å². The number of aromatic nitrogens is 3. The van der Waals surface area contributed by atoms with Crippen LogP contribution in [0.25, 0.3) is 0 Å². The lowest BCUT2D eigenvalue weighted by atomic mass is 10.1. The molecular weight excluding hydrogens is 301 g/mol. The second kappa shape index (κ2) is 7.08. The van der Waals surface area contributed by atoms with E-state index >= 15 is 0 Å². The van der Waals surface area contributed by atoms with Gasteiger partial charge < -0.3 is 9.64 Å². The molecule has 0 saturated carbocycles. The van der Waals surface area contributed by atoms with E-state index in [0.29, 0.717) is 19.6 Å². The fourth-order valence-corrected chi connectivity index (χ4v) is 2.31. The maximum Gasteiger partial charge on any atom is 0.408 e. The van der Waals surface area contributed by atoms with Crippen molar-refractivity contribution in [3.8, 4) is 0 Å². The molecule has 0 aliphatic carbocycles. The number of carbonyl (C=O) groups is 1. The Balaban J connectivity index is 2.09. The summed E-state index contributed by atoms with van der Waals surface area (Å²) in [4.78, 5) is 17.7. The van der Waals surface area contributed by atoms with Crippen LogP contribution in [0.2, 0.25) is 0 Å². The molecule has 1 fully saturated rings. The van der Waals surface area contributed by atoms with Crippen molar-refractivity contribution in [2.24, 2.45) is 0 Å². The summed E-state index contributed by atoms with van der Waals surface area (Å²) in [6.45, 7) is 1.81. The molecule has 1 aromatic rings. The summed E-state index contributed by atoms with van der Waals surface area (Å²) in [5, 5.41) is 3.84. The van der Waals surface area contributed by atoms with E-state index in [1.54, 1.807) is 4.90 Å². The number of hydrogen-bond donors (Lipinski definition) is 0. The first-order valence-corrected chi connectivity index (χ1v) is 7.24. The van der Waals surface area contributed by atoms with E-state index in [1.165, 1.54) is 0 Å². The van der Waals surface area contributed by atoms with Gasteiger partial charge in [-0.25, -0.2) is 9.67 Å². The van der Waals surface area contributed by atoms with Crippen LogP contribution in [0.1, 0.15) is 38.1 Å². The number of ether oxygens (including phenoxy) is 1. The standard InChI is InChI=1S/C13H19F3N4O2/c1-2-3-4-11(21)20-5-6-22-7-10(20)12-17-9-19(18-12)8-13(14,15)16/h9-10H,2-8H2,1H3/t10-/m1/s1. The number of rotatable bonds is 5. The Morgan fingerprint density at radius 3 is 2.95 bits per heavy atom. The third kappa shape index (κ3) is 4.43. The summed E-state index contributed by atoms with van der Waals surface area (Å²) in [5.41, 5.74) is 0. The van der Waals surface area contributed by atoms with Crippen molar-refractivity contribution in [2.75, 3.05) is 19.8 Å². The molecule has 0 bridgehead atoms. The average Bonchev–Trinajstić information content (AvgIpc) is 2.91. The van der Waals surface area contributed by atoms with Crippen molar-refractivity contribution in [1.29, 1.82) is 0 Å². The van der Waals surface area contributed by atoms with Crippen molar-refractivity contribution in [2.45, 2.75) is 44.9 Å². The molecule has 6 nitrogen and oxygen atoms in total. The van der Waals surface area contributed by atoms with Crippen LogP contribution in [0.5, 0.6) is 0 Å². The predicted octanol–water partition coefficient (Wildman–Crippen LogP) is 1.93. The maximum atomic E-state index is 12.4. The predicted molar refractivity (Wildman–Crippen MR) is 70.9 cm³/mol. The molecule has 1 aliphatic rings. The summed E-state index contributed by atoms with van der Waals surface area (Å²) in [6.07, 6.45) is -1.23. The SMILES string of the molecule is CCCCC(=O)N1CCOC[C@@H]1c1ncn(CC(F)(F)F)n1. The second-order valence-corrected chi connectivity index (χ2v) is 5.20. The molecule has 1 saturated heterocycles. The summed E-state index contributed by atoms with van der Waals surface area (Å²) < 4.78 is 43.1. The minimum absolute atomic E-state index is 0.0395. The Morgan fingerprint density at radius 2 is 2.27 bits per heavy atom. The normalized spacial score (nSPS) is 19.5. The van der Waals surface area contributed by atoms with Gasteiger partial charge in [0.25, 0.3) is 0 Å². The molecule has 0 aromatic carbocycles. The van der Waals surface area contributed by atoms with E-state index in [-0.39, 0.29) is 18.3 Å². The van der Waals surface area contributed by atoms with Crippen molar-refractivity contribution in [3.63, 3.8) is 0 Å². The molecule has 2 rings (SSSR count). The summed E-state index contributed by atoms with van der Waals surface area (Å²) >= 11 is 0. The minimum Gasteiger partial charge on any atom is -0.377 e. The molecule has 9 heteroatoms. The fourth-order valence-electron chi connectivity index (χ4n) is 2.31. The quantitative estimate of drug-likeness (QED) is 0.832. The summed E-state index contributed by atoms with van der Waals surface area (Å²) in [7, 11) is 0. The van der Waals surface area contributed by atoms with Gasteiger partial charge in [-0.3, -0.25) is 4.79 Å². The van der Waals surface area contributed by atoms with Gasteiger partial charge in [0.15, 0.2) is 5.82 Å². The molecule has 1 amide bonds. The fraction of sp³-hybridized carbons (Fsp3) is 0.769. The molecule has 1 atom stereocenters. The number of halogens is 3. The molecule has 1 aliphatic heterocycles. The Kier molecular flexibility index (Phi) is 5.38. The molecule has 1 aromatic heterocycles. The van der Waals surface area contributed by atoms with Gasteiger partial charge in [-0.05, 0) is 6.42 Å². The number of nitrogens with zero attached hydrogens (tertiary/aromatic N) is 4. The van der Waals surface area contributed by atoms with Crippen molar-refractivity contribution in [1.82, 2.24) is 19.7 Å². The Labute approximate surface area is 126 Å². The van der Waals surface area contributed by atoms with Crippen LogP contribution in [0.15, 0.2) is 6.33 Å². The first-order chi connectivity index (χ1) is 10.4. The van der Waals surface area contributed by atoms with Gasteiger partial charge >= 0.3 is 6.18 Å². The maximum absolute atomic E-state index is 12.4. The van der Waals surface area contributed by atoms with Crippen LogP contribution < -0.4 is 0 Å². The zero-order chi connectivity index (χ0) is 16.2. The van der Waals surface area contributed by atoms with E-state index in [4.69, 9.17) is 4.74 Å². The van der Waals surface area contributed by atoms with Crippen LogP contribution in [0.4, 0.5) is 13.2 Å². The first kappa shape index (κ1) is 16.7. The van der Waals surface area contributed by atoms with Gasteiger partial charge in [-0.15, -0.1) is 0 Å². The minimum atomic E-state index is -4.36. The van der Waals surface area contributed by atoms with Crippen LogP contribution in [-0.4, -0.2) is 51.5 Å². The Bertz CT molecular complexity index is 504. The smallest absolute Gasteiger partial charge is 0.377 e. The highest BCUT2D eigenvalue weighted by Crippen LogP contribution is 2.23. The Morgan fingerprint density at radius 1 is 1.50 bits per heavy atom. The van der Waals surface area contributed by atoms with E-state index in [2.05, 4.69) is 10.1 Å². The highest BCUT2D eigenvalue weighted by Gasteiger charge is 2.33. The zero-order valence-electron chi connectivity index (χ0n) is 12.3. The van der Waals surface area contributed by atoms with Gasteiger partial charge in [0.1, 0.15) is 18.9 Å². The number of morpholine rings is 1. The lowest BCUT2D eigenvalue weighted by Gasteiger charge is -2.34. The van der Waals surface area contributed by atoms with Crippen LogP contribution in [0.3, 0.4) is 0 Å². The van der Waals surface area contributed by atoms with Crippen molar-refractivity contribution in [3.05, 3.63) is 12.2 Å². The monoisotopic (exact) mass is 320 g/mol. The lowest BCUT2D eigenvalue weighted by molar-refractivity contribution is -0.144. The lowest BCUT2D eigenvalue weighted by Crippen LogP contribution is -2.43. The van der Waals surface area contributed by atoms with Gasteiger partial charge in [-0.2, -0.15) is 18.3 Å². The van der Waals surface area contributed by atoms with Gasteiger partial charge in [-0.1, -0.05) is 13.3 Å². The summed E-state index contributed by atoms with van der Waals surface area (Å²) in [5.74, 6) is 0.149. The third-order valence-corrected chi connectivity index (χ3v) is 3.39. The van der Waals surface area contributed by atoms with Crippen LogP contribution in [-0.2, 0) is 16.1 Å². The zero-order valence-corrected chi connectivity index (χ0v) is 12.3. The highest BCUT2D eigenvalue weighted by molar-refractivity contribution is 5.76. The van der Waals surface area contributed by atoms with E-state index in [1.807, 2.05) is 6.92 Å². The molecule has 0 spiro atoms. The average molecular weight is 320 g/mol. The molecule has 22 heavy (non-hydrogen) atoms. The number of alkyl halides is 3. The van der Waals surface area contributed by atoms with E-state index in [9.17, 15) is 18.0 Å². The second-order valence-electron chi connectivity index (χ2n) is 5.20. The molecule has 0 radical (unpaired) electrons. The number of carbonyl (C=O) groups excluding carboxylic acids is 1. The first-order valence-electron chi connectivity index (χ1n) is 7.24. The molecule has 2 heterocycles. The Hall–Kier alpha value is -1.64. The van der Waals surface area contributed by atoms with Gasteiger partial charge in [0.2, 0.25) is 5.91 Å². The number of hydrogen-bond acceptors (Lipinski definition) is 4. The molecule has 0 N–H and O–H groups in total. The largest absolute Gasteiger partial charge is 0.408 e.